The molecule has 6 nitrogen and oxygen atoms in total. The summed E-state index contributed by atoms with van der Waals surface area (Å²) in [7, 11) is 0. The first kappa shape index (κ1) is 16.8. The number of hydrogen-bond acceptors (Lipinski definition) is 4. The van der Waals surface area contributed by atoms with Crippen molar-refractivity contribution in [3.8, 4) is 0 Å². The lowest BCUT2D eigenvalue weighted by atomic mass is 10.0. The van der Waals surface area contributed by atoms with Crippen LogP contribution in [0.1, 0.15) is 41.0 Å². The van der Waals surface area contributed by atoms with Crippen molar-refractivity contribution in [3.63, 3.8) is 0 Å². The number of hydrogen-bond donors (Lipinski definition) is 2. The lowest BCUT2D eigenvalue weighted by molar-refractivity contribution is -0.140. The molecule has 1 aliphatic rings. The topological polar surface area (TPSA) is 78.9 Å². The molecular formula is C14H26N2O4. The maximum atomic E-state index is 11.9. The van der Waals surface area contributed by atoms with Crippen molar-refractivity contribution in [1.29, 1.82) is 0 Å². The highest BCUT2D eigenvalue weighted by Gasteiger charge is 2.32. The van der Waals surface area contributed by atoms with Crippen LogP contribution in [-0.2, 0) is 9.53 Å². The summed E-state index contributed by atoms with van der Waals surface area (Å²) in [4.78, 5) is 24.7. The maximum absolute atomic E-state index is 11.9. The first-order valence-corrected chi connectivity index (χ1v) is 7.07. The van der Waals surface area contributed by atoms with E-state index in [1.54, 1.807) is 4.90 Å². The first-order chi connectivity index (χ1) is 9.10. The van der Waals surface area contributed by atoms with Gasteiger partial charge >= 0.3 is 12.1 Å². The zero-order valence-corrected chi connectivity index (χ0v) is 13.0. The quantitative estimate of drug-likeness (QED) is 0.822. The van der Waals surface area contributed by atoms with Gasteiger partial charge in [0, 0.05) is 19.1 Å². The lowest BCUT2D eigenvalue weighted by Crippen LogP contribution is -2.48. The van der Waals surface area contributed by atoms with Gasteiger partial charge in [0.1, 0.15) is 11.6 Å². The predicted octanol–water partition coefficient (Wildman–Crippen LogP) is 1.69. The van der Waals surface area contributed by atoms with Gasteiger partial charge in [-0.05, 0) is 33.1 Å². The van der Waals surface area contributed by atoms with Crippen LogP contribution >= 0.6 is 0 Å². The SMILES string of the molecule is CC(C)C(NC1CCN(C(=O)OC(C)(C)C)C1)C(=O)O. The van der Waals surface area contributed by atoms with Crippen molar-refractivity contribution >= 4 is 12.1 Å². The second-order valence-electron chi connectivity index (χ2n) is 6.64. The monoisotopic (exact) mass is 286 g/mol. The molecule has 0 aromatic heterocycles. The van der Waals surface area contributed by atoms with Crippen molar-refractivity contribution in [2.75, 3.05) is 13.1 Å². The Morgan fingerprint density at radius 1 is 1.35 bits per heavy atom. The minimum Gasteiger partial charge on any atom is -0.480 e. The Hall–Kier alpha value is -1.30. The summed E-state index contributed by atoms with van der Waals surface area (Å²) in [5.41, 5.74) is -0.510. The summed E-state index contributed by atoms with van der Waals surface area (Å²) in [6.07, 6.45) is 0.411. The van der Waals surface area contributed by atoms with E-state index in [-0.39, 0.29) is 18.1 Å². The molecule has 20 heavy (non-hydrogen) atoms. The predicted molar refractivity (Wildman–Crippen MR) is 75.6 cm³/mol. The van der Waals surface area contributed by atoms with Crippen LogP contribution in [-0.4, -0.2) is 52.8 Å². The van der Waals surface area contributed by atoms with E-state index in [1.165, 1.54) is 0 Å². The highest BCUT2D eigenvalue weighted by Crippen LogP contribution is 2.16. The highest BCUT2D eigenvalue weighted by molar-refractivity contribution is 5.74. The Kier molecular flexibility index (Phi) is 5.39. The van der Waals surface area contributed by atoms with Gasteiger partial charge in [0.25, 0.3) is 0 Å². The fourth-order valence-corrected chi connectivity index (χ4v) is 2.19. The number of carbonyl (C=O) groups is 2. The van der Waals surface area contributed by atoms with Gasteiger partial charge in [0.15, 0.2) is 0 Å². The second-order valence-corrected chi connectivity index (χ2v) is 6.64. The molecule has 1 saturated heterocycles. The van der Waals surface area contributed by atoms with Crippen LogP contribution in [0.5, 0.6) is 0 Å². The van der Waals surface area contributed by atoms with Crippen LogP contribution in [0.25, 0.3) is 0 Å². The number of ether oxygens (including phenoxy) is 1. The molecule has 1 heterocycles. The molecule has 0 saturated carbocycles. The molecular weight excluding hydrogens is 260 g/mol. The van der Waals surface area contributed by atoms with Gasteiger partial charge in [-0.25, -0.2) is 4.79 Å². The molecule has 0 aliphatic carbocycles. The minimum absolute atomic E-state index is 0.00285. The van der Waals surface area contributed by atoms with Crippen LogP contribution in [0.4, 0.5) is 4.79 Å². The molecule has 2 unspecified atom stereocenters. The number of aliphatic carboxylic acids is 1. The van der Waals surface area contributed by atoms with Gasteiger partial charge < -0.3 is 14.7 Å². The largest absolute Gasteiger partial charge is 0.480 e. The molecule has 1 fully saturated rings. The van der Waals surface area contributed by atoms with Crippen LogP contribution in [0.3, 0.4) is 0 Å². The molecule has 6 heteroatoms. The van der Waals surface area contributed by atoms with Gasteiger partial charge in [-0.1, -0.05) is 13.8 Å². The van der Waals surface area contributed by atoms with Crippen LogP contribution in [0.2, 0.25) is 0 Å². The fraction of sp³-hybridized carbons (Fsp3) is 0.857. The zero-order valence-electron chi connectivity index (χ0n) is 13.0. The Balaban J connectivity index is 2.51. The molecule has 0 radical (unpaired) electrons. The summed E-state index contributed by atoms with van der Waals surface area (Å²) in [6, 6.07) is -0.579. The van der Waals surface area contributed by atoms with Crippen molar-refractivity contribution in [2.24, 2.45) is 5.92 Å². The Morgan fingerprint density at radius 3 is 2.40 bits per heavy atom. The van der Waals surface area contributed by atoms with E-state index in [0.29, 0.717) is 13.1 Å². The van der Waals surface area contributed by atoms with Crippen LogP contribution in [0.15, 0.2) is 0 Å². The fourth-order valence-electron chi connectivity index (χ4n) is 2.19. The van der Waals surface area contributed by atoms with E-state index >= 15 is 0 Å². The van der Waals surface area contributed by atoms with Gasteiger partial charge in [-0.3, -0.25) is 10.1 Å². The molecule has 1 amide bonds. The van der Waals surface area contributed by atoms with E-state index in [2.05, 4.69) is 5.32 Å². The molecule has 0 spiro atoms. The molecule has 0 bridgehead atoms. The number of rotatable bonds is 4. The van der Waals surface area contributed by atoms with Crippen LogP contribution in [0, 0.1) is 5.92 Å². The zero-order chi connectivity index (χ0) is 15.5. The highest BCUT2D eigenvalue weighted by atomic mass is 16.6. The number of carboxylic acids is 1. The summed E-state index contributed by atoms with van der Waals surface area (Å²) in [5.74, 6) is -0.848. The van der Waals surface area contributed by atoms with E-state index in [0.717, 1.165) is 6.42 Å². The standard InChI is InChI=1S/C14H26N2O4/c1-9(2)11(12(17)18)15-10-6-7-16(8-10)13(19)20-14(3,4)5/h9-11,15H,6-8H2,1-5H3,(H,17,18). The van der Waals surface area contributed by atoms with Crippen LogP contribution < -0.4 is 5.32 Å². The van der Waals surface area contributed by atoms with Gasteiger partial charge in [0.2, 0.25) is 0 Å². The number of carboxylic acid groups (broad SMARTS) is 1. The van der Waals surface area contributed by atoms with Crippen molar-refractivity contribution in [3.05, 3.63) is 0 Å². The Morgan fingerprint density at radius 2 is 1.95 bits per heavy atom. The molecule has 0 aromatic rings. The first-order valence-electron chi connectivity index (χ1n) is 7.07. The third-order valence-electron chi connectivity index (χ3n) is 3.19. The summed E-state index contributed by atoms with van der Waals surface area (Å²) >= 11 is 0. The van der Waals surface area contributed by atoms with Crippen molar-refractivity contribution in [2.45, 2.75) is 58.7 Å². The summed E-state index contributed by atoms with van der Waals surface area (Å²) in [6.45, 7) is 10.3. The average molecular weight is 286 g/mol. The van der Waals surface area contributed by atoms with Gasteiger partial charge in [0.05, 0.1) is 0 Å². The Labute approximate surface area is 120 Å². The average Bonchev–Trinajstić information content (AvgIpc) is 2.71. The maximum Gasteiger partial charge on any atom is 0.410 e. The summed E-state index contributed by atoms with van der Waals surface area (Å²) < 4.78 is 5.31. The third kappa shape index (κ3) is 5.00. The normalized spacial score (nSPS) is 21.1. The van der Waals surface area contributed by atoms with Crippen molar-refractivity contribution in [1.82, 2.24) is 10.2 Å². The molecule has 0 aromatic carbocycles. The van der Waals surface area contributed by atoms with Gasteiger partial charge in [-0.15, -0.1) is 0 Å². The second kappa shape index (κ2) is 6.43. The number of likely N-dealkylation sites (tertiary alicyclic amines) is 1. The van der Waals surface area contributed by atoms with E-state index in [1.807, 2.05) is 34.6 Å². The number of nitrogens with one attached hydrogen (secondary N) is 1. The number of carbonyl (C=O) groups excluding carboxylic acids is 1. The van der Waals surface area contributed by atoms with Crippen molar-refractivity contribution < 1.29 is 19.4 Å². The molecule has 1 aliphatic heterocycles. The molecule has 1 rings (SSSR count). The van der Waals surface area contributed by atoms with E-state index in [9.17, 15) is 9.59 Å². The minimum atomic E-state index is -0.851. The molecule has 2 atom stereocenters. The Bertz CT molecular complexity index is 363. The smallest absolute Gasteiger partial charge is 0.410 e. The number of amides is 1. The third-order valence-corrected chi connectivity index (χ3v) is 3.19. The van der Waals surface area contributed by atoms with Gasteiger partial charge in [-0.2, -0.15) is 0 Å². The molecule has 116 valence electrons. The lowest BCUT2D eigenvalue weighted by Gasteiger charge is -2.25. The number of nitrogens with zero attached hydrogens (tertiary/aromatic N) is 1. The van der Waals surface area contributed by atoms with E-state index in [4.69, 9.17) is 9.84 Å². The molecule has 2 N–H and O–H groups in total. The summed E-state index contributed by atoms with van der Waals surface area (Å²) in [5, 5.41) is 12.3. The van der Waals surface area contributed by atoms with E-state index < -0.39 is 17.6 Å².